The summed E-state index contributed by atoms with van der Waals surface area (Å²) in [6.45, 7) is 1.18. The van der Waals surface area contributed by atoms with Crippen LogP contribution >= 0.6 is 0 Å². The first-order valence-corrected chi connectivity index (χ1v) is 5.41. The third-order valence-corrected chi connectivity index (χ3v) is 3.07. The topological polar surface area (TPSA) is 34.0 Å². The summed E-state index contributed by atoms with van der Waals surface area (Å²) in [5.74, 6) is 0.853. The molecule has 2 aromatic rings. The van der Waals surface area contributed by atoms with Crippen molar-refractivity contribution in [3.05, 3.63) is 18.6 Å². The SMILES string of the molecule is Cn1ccc2c(N3CCC(F)C3)ncnc21. The Hall–Kier alpha value is -1.65. The van der Waals surface area contributed by atoms with E-state index in [1.807, 2.05) is 28.8 Å². The van der Waals surface area contributed by atoms with Gasteiger partial charge in [0.15, 0.2) is 0 Å². The largest absolute Gasteiger partial charge is 0.353 e. The molecule has 0 aromatic carbocycles. The molecule has 16 heavy (non-hydrogen) atoms. The van der Waals surface area contributed by atoms with Crippen LogP contribution < -0.4 is 4.90 Å². The van der Waals surface area contributed by atoms with Gasteiger partial charge in [-0.15, -0.1) is 0 Å². The van der Waals surface area contributed by atoms with E-state index >= 15 is 0 Å². The van der Waals surface area contributed by atoms with Gasteiger partial charge in [0, 0.05) is 19.8 Å². The van der Waals surface area contributed by atoms with E-state index in [4.69, 9.17) is 0 Å². The maximum atomic E-state index is 13.2. The molecule has 0 N–H and O–H groups in total. The van der Waals surface area contributed by atoms with Crippen molar-refractivity contribution >= 4 is 16.9 Å². The van der Waals surface area contributed by atoms with Crippen LogP contribution in [0.3, 0.4) is 0 Å². The zero-order chi connectivity index (χ0) is 11.1. The predicted molar refractivity (Wildman–Crippen MR) is 60.2 cm³/mol. The molecule has 4 nitrogen and oxygen atoms in total. The van der Waals surface area contributed by atoms with Gasteiger partial charge in [0.1, 0.15) is 24.0 Å². The lowest BCUT2D eigenvalue weighted by Crippen LogP contribution is -2.21. The van der Waals surface area contributed by atoms with Crippen molar-refractivity contribution in [3.63, 3.8) is 0 Å². The average molecular weight is 220 g/mol. The lowest BCUT2D eigenvalue weighted by Gasteiger charge is -2.16. The van der Waals surface area contributed by atoms with E-state index in [2.05, 4.69) is 9.97 Å². The van der Waals surface area contributed by atoms with Gasteiger partial charge in [-0.3, -0.25) is 0 Å². The van der Waals surface area contributed by atoms with Crippen LogP contribution in [0.25, 0.3) is 11.0 Å². The highest BCUT2D eigenvalue weighted by molar-refractivity contribution is 5.87. The van der Waals surface area contributed by atoms with E-state index in [1.54, 1.807) is 6.33 Å². The molecule has 1 unspecified atom stereocenters. The third-order valence-electron chi connectivity index (χ3n) is 3.07. The summed E-state index contributed by atoms with van der Waals surface area (Å²) >= 11 is 0. The van der Waals surface area contributed by atoms with Crippen LogP contribution in [-0.2, 0) is 7.05 Å². The van der Waals surface area contributed by atoms with Crippen LogP contribution in [0.2, 0.25) is 0 Å². The molecular weight excluding hydrogens is 207 g/mol. The minimum Gasteiger partial charge on any atom is -0.353 e. The second-order valence-corrected chi connectivity index (χ2v) is 4.19. The van der Waals surface area contributed by atoms with E-state index in [0.717, 1.165) is 23.4 Å². The molecule has 1 aliphatic heterocycles. The second kappa shape index (κ2) is 3.43. The first-order valence-electron chi connectivity index (χ1n) is 5.41. The number of halogens is 1. The molecule has 0 amide bonds. The molecule has 3 heterocycles. The molecule has 0 spiro atoms. The molecule has 1 aliphatic rings. The van der Waals surface area contributed by atoms with Crippen LogP contribution in [0.15, 0.2) is 18.6 Å². The summed E-state index contributed by atoms with van der Waals surface area (Å²) in [6, 6.07) is 1.98. The maximum Gasteiger partial charge on any atom is 0.145 e. The molecule has 0 radical (unpaired) electrons. The van der Waals surface area contributed by atoms with Crippen LogP contribution in [0.5, 0.6) is 0 Å². The van der Waals surface area contributed by atoms with Crippen LogP contribution in [0, 0.1) is 0 Å². The van der Waals surface area contributed by atoms with Gasteiger partial charge in [0.05, 0.1) is 11.9 Å². The van der Waals surface area contributed by atoms with Crippen LogP contribution in [0.4, 0.5) is 10.2 Å². The summed E-state index contributed by atoms with van der Waals surface area (Å²) in [7, 11) is 1.95. The molecule has 5 heteroatoms. The molecule has 1 fully saturated rings. The van der Waals surface area contributed by atoms with Crippen molar-refractivity contribution in [2.24, 2.45) is 7.05 Å². The fraction of sp³-hybridized carbons (Fsp3) is 0.455. The monoisotopic (exact) mass is 220 g/mol. The fourth-order valence-electron chi connectivity index (χ4n) is 2.23. The van der Waals surface area contributed by atoms with Crippen LogP contribution in [0.1, 0.15) is 6.42 Å². The van der Waals surface area contributed by atoms with Crippen molar-refractivity contribution < 1.29 is 4.39 Å². The third kappa shape index (κ3) is 1.35. The number of aryl methyl sites for hydroxylation is 1. The van der Waals surface area contributed by atoms with Crippen LogP contribution in [-0.4, -0.2) is 33.8 Å². The normalized spacial score (nSPS) is 20.9. The Morgan fingerprint density at radius 1 is 1.44 bits per heavy atom. The van der Waals surface area contributed by atoms with E-state index < -0.39 is 6.17 Å². The van der Waals surface area contributed by atoms with Crippen molar-refractivity contribution in [2.45, 2.75) is 12.6 Å². The number of nitrogens with zero attached hydrogens (tertiary/aromatic N) is 4. The Morgan fingerprint density at radius 2 is 2.31 bits per heavy atom. The van der Waals surface area contributed by atoms with Crippen molar-refractivity contribution in [3.8, 4) is 0 Å². The lowest BCUT2D eigenvalue weighted by atomic mass is 10.3. The van der Waals surface area contributed by atoms with Gasteiger partial charge < -0.3 is 9.47 Å². The minimum atomic E-state index is -0.728. The van der Waals surface area contributed by atoms with E-state index in [-0.39, 0.29) is 0 Å². The minimum absolute atomic E-state index is 0.445. The summed E-state index contributed by atoms with van der Waals surface area (Å²) in [5.41, 5.74) is 0.896. The van der Waals surface area contributed by atoms with Gasteiger partial charge in [-0.25, -0.2) is 14.4 Å². The van der Waals surface area contributed by atoms with Gasteiger partial charge in [0.25, 0.3) is 0 Å². The Bertz CT molecular complexity index is 522. The zero-order valence-corrected chi connectivity index (χ0v) is 9.10. The smallest absolute Gasteiger partial charge is 0.145 e. The summed E-state index contributed by atoms with van der Waals surface area (Å²) in [4.78, 5) is 10.5. The molecule has 0 saturated carbocycles. The molecule has 0 bridgehead atoms. The average Bonchev–Trinajstić information content (AvgIpc) is 2.86. The van der Waals surface area contributed by atoms with Gasteiger partial charge >= 0.3 is 0 Å². The molecule has 0 aliphatic carbocycles. The Labute approximate surface area is 92.7 Å². The Morgan fingerprint density at radius 3 is 3.06 bits per heavy atom. The van der Waals surface area contributed by atoms with Crippen molar-refractivity contribution in [1.82, 2.24) is 14.5 Å². The van der Waals surface area contributed by atoms with E-state index in [1.165, 1.54) is 0 Å². The maximum absolute atomic E-state index is 13.2. The number of fused-ring (bicyclic) bond motifs is 1. The zero-order valence-electron chi connectivity index (χ0n) is 9.10. The number of hydrogen-bond donors (Lipinski definition) is 0. The Kier molecular flexibility index (Phi) is 2.05. The number of anilines is 1. The summed E-state index contributed by atoms with van der Waals surface area (Å²) in [6.07, 6.45) is 3.36. The van der Waals surface area contributed by atoms with E-state index in [9.17, 15) is 4.39 Å². The number of alkyl halides is 1. The highest BCUT2D eigenvalue weighted by Gasteiger charge is 2.24. The van der Waals surface area contributed by atoms with Gasteiger partial charge in [-0.1, -0.05) is 0 Å². The summed E-state index contributed by atoms with van der Waals surface area (Å²) in [5, 5.41) is 0.999. The number of aromatic nitrogens is 3. The van der Waals surface area contributed by atoms with Gasteiger partial charge in [-0.2, -0.15) is 0 Å². The summed E-state index contributed by atoms with van der Waals surface area (Å²) < 4.78 is 15.1. The lowest BCUT2D eigenvalue weighted by molar-refractivity contribution is 0.364. The first-order chi connectivity index (χ1) is 7.75. The fourth-order valence-corrected chi connectivity index (χ4v) is 2.23. The van der Waals surface area contributed by atoms with Crippen molar-refractivity contribution in [1.29, 1.82) is 0 Å². The number of rotatable bonds is 1. The highest BCUT2D eigenvalue weighted by atomic mass is 19.1. The Balaban J connectivity index is 2.09. The molecule has 2 aromatic heterocycles. The molecule has 1 saturated heterocycles. The van der Waals surface area contributed by atoms with Gasteiger partial charge in [0.2, 0.25) is 0 Å². The van der Waals surface area contributed by atoms with Crippen molar-refractivity contribution in [2.75, 3.05) is 18.0 Å². The standard InChI is InChI=1S/C11H13FN4/c1-15-4-3-9-10(15)13-7-14-11(9)16-5-2-8(12)6-16/h3-4,7-8H,2,5-6H2,1H3. The highest BCUT2D eigenvalue weighted by Crippen LogP contribution is 2.26. The first kappa shape index (κ1) is 9.57. The quantitative estimate of drug-likeness (QED) is 0.730. The van der Waals surface area contributed by atoms with E-state index in [0.29, 0.717) is 13.0 Å². The molecule has 1 atom stereocenters. The van der Waals surface area contributed by atoms with Gasteiger partial charge in [-0.05, 0) is 12.5 Å². The molecule has 3 rings (SSSR count). The second-order valence-electron chi connectivity index (χ2n) is 4.19. The predicted octanol–water partition coefficient (Wildman–Crippen LogP) is 1.52. The molecular formula is C11H13FN4. The number of hydrogen-bond acceptors (Lipinski definition) is 3. The molecule has 84 valence electrons.